The van der Waals surface area contributed by atoms with Gasteiger partial charge in [0.2, 0.25) is 5.13 Å². The van der Waals surface area contributed by atoms with Gasteiger partial charge in [0.15, 0.2) is 0 Å². The minimum atomic E-state index is -0.770. The highest BCUT2D eigenvalue weighted by Gasteiger charge is 2.26. The van der Waals surface area contributed by atoms with Crippen LogP contribution in [0.25, 0.3) is 10.6 Å². The molecule has 0 spiro atoms. The minimum Gasteiger partial charge on any atom is -0.493 e. The van der Waals surface area contributed by atoms with Crippen LogP contribution in [0.4, 0.5) is 5.13 Å². The zero-order valence-electron chi connectivity index (χ0n) is 24.9. The van der Waals surface area contributed by atoms with E-state index in [0.717, 1.165) is 72.4 Å². The van der Waals surface area contributed by atoms with Crippen LogP contribution in [0, 0.1) is 19.8 Å². The van der Waals surface area contributed by atoms with Crippen LogP contribution in [-0.2, 0) is 4.79 Å². The van der Waals surface area contributed by atoms with Crippen LogP contribution >= 0.6 is 22.9 Å². The van der Waals surface area contributed by atoms with Crippen molar-refractivity contribution in [2.45, 2.75) is 71.8 Å². The molecule has 1 amide bonds. The van der Waals surface area contributed by atoms with E-state index < -0.39 is 5.97 Å². The maximum atomic E-state index is 13.4. The lowest BCUT2D eigenvalue weighted by molar-refractivity contribution is -0.138. The van der Waals surface area contributed by atoms with Gasteiger partial charge in [-0.1, -0.05) is 48.4 Å². The van der Waals surface area contributed by atoms with Gasteiger partial charge < -0.3 is 9.84 Å². The van der Waals surface area contributed by atoms with E-state index in [1.54, 1.807) is 17.0 Å². The highest BCUT2D eigenvalue weighted by molar-refractivity contribution is 7.18. The summed E-state index contributed by atoms with van der Waals surface area (Å²) in [7, 11) is 1.91. The summed E-state index contributed by atoms with van der Waals surface area (Å²) in [6, 6.07) is 11.6. The lowest BCUT2D eigenvalue weighted by Gasteiger charge is -2.33. The number of unbranched alkanes of at least 4 members (excludes halogenated alkanes) is 1. The number of halogens is 1. The standard InChI is InChI=1S/C32H41ClN4O4S/c1-5-6-16-37(31(40)26-9-7-8-10-27(26)33)32-35-34-30(42-32)24-18-21(2)29(22(3)19-24)41-17-15-23-11-13-25(14-12-23)36(4)20-28(38)39/h7-10,18-19,23,25H,5-6,11-17,20H2,1-4H3,(H,38,39). The van der Waals surface area contributed by atoms with E-state index in [9.17, 15) is 9.59 Å². The highest BCUT2D eigenvalue weighted by Crippen LogP contribution is 2.35. The molecule has 0 aliphatic heterocycles. The largest absolute Gasteiger partial charge is 0.493 e. The molecule has 1 aliphatic carbocycles. The molecule has 1 heterocycles. The molecule has 0 saturated heterocycles. The number of ether oxygens (including phenoxy) is 1. The van der Waals surface area contributed by atoms with Crippen molar-refractivity contribution >= 4 is 39.9 Å². The van der Waals surface area contributed by atoms with Crippen LogP contribution in [0.15, 0.2) is 36.4 Å². The minimum absolute atomic E-state index is 0.100. The van der Waals surface area contributed by atoms with Gasteiger partial charge in [0.25, 0.3) is 5.91 Å². The number of carbonyl (C=O) groups is 2. The van der Waals surface area contributed by atoms with E-state index in [2.05, 4.69) is 29.3 Å². The van der Waals surface area contributed by atoms with Crippen molar-refractivity contribution in [2.24, 2.45) is 5.92 Å². The number of anilines is 1. The Kier molecular flexibility index (Phi) is 11.4. The van der Waals surface area contributed by atoms with Gasteiger partial charge in [0.1, 0.15) is 10.8 Å². The number of carbonyl (C=O) groups excluding carboxylic acids is 1. The summed E-state index contributed by atoms with van der Waals surface area (Å²) < 4.78 is 6.28. The molecule has 0 unspecified atom stereocenters. The van der Waals surface area contributed by atoms with Gasteiger partial charge in [-0.15, -0.1) is 10.2 Å². The van der Waals surface area contributed by atoms with Crippen molar-refractivity contribution in [3.63, 3.8) is 0 Å². The molecule has 4 rings (SSSR count). The van der Waals surface area contributed by atoms with E-state index in [-0.39, 0.29) is 12.5 Å². The summed E-state index contributed by atoms with van der Waals surface area (Å²) in [6.07, 6.45) is 7.05. The summed E-state index contributed by atoms with van der Waals surface area (Å²) in [4.78, 5) is 28.1. The van der Waals surface area contributed by atoms with Gasteiger partial charge >= 0.3 is 5.97 Å². The number of benzene rings is 2. The van der Waals surface area contributed by atoms with Gasteiger partial charge in [-0.3, -0.25) is 19.4 Å². The number of amides is 1. The maximum Gasteiger partial charge on any atom is 0.317 e. The Morgan fingerprint density at radius 3 is 2.43 bits per heavy atom. The molecular formula is C32H41ClN4O4S. The van der Waals surface area contributed by atoms with Crippen LogP contribution in [0.5, 0.6) is 5.75 Å². The molecular weight excluding hydrogens is 572 g/mol. The van der Waals surface area contributed by atoms with Crippen molar-refractivity contribution in [2.75, 3.05) is 31.6 Å². The second-order valence-electron chi connectivity index (χ2n) is 11.2. The first kappa shape index (κ1) is 31.9. The molecule has 0 atom stereocenters. The number of carboxylic acid groups (broad SMARTS) is 1. The van der Waals surface area contributed by atoms with E-state index >= 15 is 0 Å². The Hall–Kier alpha value is -3.01. The Bertz CT molecular complexity index is 1350. The lowest BCUT2D eigenvalue weighted by Crippen LogP contribution is -2.38. The number of aromatic nitrogens is 2. The Morgan fingerprint density at radius 1 is 1.10 bits per heavy atom. The molecule has 226 valence electrons. The molecule has 8 nitrogen and oxygen atoms in total. The van der Waals surface area contributed by atoms with Crippen molar-refractivity contribution in [3.8, 4) is 16.3 Å². The van der Waals surface area contributed by atoms with Crippen molar-refractivity contribution in [3.05, 3.63) is 58.1 Å². The molecule has 2 aromatic carbocycles. The molecule has 0 bridgehead atoms. The zero-order chi connectivity index (χ0) is 30.2. The predicted molar refractivity (Wildman–Crippen MR) is 169 cm³/mol. The SMILES string of the molecule is CCCCN(C(=O)c1ccccc1Cl)c1nnc(-c2cc(C)c(OCCC3CCC(N(C)CC(=O)O)CC3)c(C)c2)s1. The van der Waals surface area contributed by atoms with Gasteiger partial charge in [0.05, 0.1) is 23.7 Å². The number of nitrogens with zero attached hydrogens (tertiary/aromatic N) is 4. The smallest absolute Gasteiger partial charge is 0.317 e. The zero-order valence-corrected chi connectivity index (χ0v) is 26.5. The van der Waals surface area contributed by atoms with Gasteiger partial charge in [-0.05, 0) is 101 Å². The fraction of sp³-hybridized carbons (Fsp3) is 0.500. The molecule has 1 N–H and O–H groups in total. The van der Waals surface area contributed by atoms with Gasteiger partial charge in [-0.25, -0.2) is 0 Å². The molecule has 42 heavy (non-hydrogen) atoms. The van der Waals surface area contributed by atoms with Crippen LogP contribution in [-0.4, -0.2) is 64.9 Å². The van der Waals surface area contributed by atoms with Crippen LogP contribution in [0.3, 0.4) is 0 Å². The topological polar surface area (TPSA) is 95.9 Å². The molecule has 1 fully saturated rings. The number of hydrogen-bond donors (Lipinski definition) is 1. The number of hydrogen-bond acceptors (Lipinski definition) is 7. The number of likely N-dealkylation sites (N-methyl/N-ethyl adjacent to an activating group) is 1. The first-order valence-corrected chi connectivity index (χ1v) is 15.9. The Balaban J connectivity index is 1.39. The first-order chi connectivity index (χ1) is 20.2. The molecule has 0 radical (unpaired) electrons. The molecule has 1 saturated carbocycles. The fourth-order valence-corrected chi connectivity index (χ4v) is 6.74. The van der Waals surface area contributed by atoms with Crippen molar-refractivity contribution in [1.82, 2.24) is 15.1 Å². The molecule has 1 aliphatic rings. The Morgan fingerprint density at radius 2 is 1.79 bits per heavy atom. The normalized spacial score (nSPS) is 16.9. The number of rotatable bonds is 13. The third-order valence-corrected chi connectivity index (χ3v) is 9.36. The van der Waals surface area contributed by atoms with E-state index in [0.29, 0.717) is 40.8 Å². The van der Waals surface area contributed by atoms with E-state index in [1.165, 1.54) is 11.3 Å². The van der Waals surface area contributed by atoms with Crippen molar-refractivity contribution < 1.29 is 19.4 Å². The lowest BCUT2D eigenvalue weighted by atomic mass is 9.84. The molecule has 1 aromatic heterocycles. The average molecular weight is 613 g/mol. The van der Waals surface area contributed by atoms with E-state index in [1.807, 2.05) is 37.9 Å². The summed E-state index contributed by atoms with van der Waals surface area (Å²) in [5.41, 5.74) is 3.48. The monoisotopic (exact) mass is 612 g/mol. The Labute approximate surface area is 257 Å². The van der Waals surface area contributed by atoms with Gasteiger partial charge in [-0.2, -0.15) is 0 Å². The first-order valence-electron chi connectivity index (χ1n) is 14.7. The maximum absolute atomic E-state index is 13.4. The van der Waals surface area contributed by atoms with Crippen LogP contribution in [0.2, 0.25) is 5.02 Å². The van der Waals surface area contributed by atoms with Gasteiger partial charge in [0, 0.05) is 18.2 Å². The summed E-state index contributed by atoms with van der Waals surface area (Å²) in [6.45, 7) is 7.48. The summed E-state index contributed by atoms with van der Waals surface area (Å²) >= 11 is 7.74. The molecule has 10 heteroatoms. The van der Waals surface area contributed by atoms with Crippen molar-refractivity contribution in [1.29, 1.82) is 0 Å². The van der Waals surface area contributed by atoms with E-state index in [4.69, 9.17) is 21.4 Å². The average Bonchev–Trinajstić information content (AvgIpc) is 3.45. The van der Waals surface area contributed by atoms with Crippen LogP contribution in [0.1, 0.15) is 73.4 Å². The second kappa shape index (κ2) is 14.9. The number of aliphatic carboxylic acids is 1. The quantitative estimate of drug-likeness (QED) is 0.217. The predicted octanol–water partition coefficient (Wildman–Crippen LogP) is 7.27. The molecule has 3 aromatic rings. The fourth-order valence-electron chi connectivity index (χ4n) is 5.67. The second-order valence-corrected chi connectivity index (χ2v) is 12.6. The number of aryl methyl sites for hydroxylation is 2. The summed E-state index contributed by atoms with van der Waals surface area (Å²) in [5.74, 6) is 0.558. The third-order valence-electron chi connectivity index (χ3n) is 8.03. The third kappa shape index (κ3) is 8.08. The van der Waals surface area contributed by atoms with Crippen LogP contribution < -0.4 is 9.64 Å². The summed E-state index contributed by atoms with van der Waals surface area (Å²) in [5, 5.41) is 19.6. The number of carboxylic acids is 1. The highest BCUT2D eigenvalue weighted by atomic mass is 35.5.